The minimum atomic E-state index is -0.238. The summed E-state index contributed by atoms with van der Waals surface area (Å²) in [5, 5.41) is 3.27. The van der Waals surface area contributed by atoms with Crippen molar-refractivity contribution in [2.24, 2.45) is 4.99 Å². The Labute approximate surface area is 248 Å². The van der Waals surface area contributed by atoms with Crippen LogP contribution in [0.1, 0.15) is 42.7 Å². The third-order valence-corrected chi connectivity index (χ3v) is 7.15. The summed E-state index contributed by atoms with van der Waals surface area (Å²) in [6.45, 7) is 9.82. The average Bonchev–Trinajstić information content (AvgIpc) is 3.65. The Morgan fingerprint density at radius 3 is 1.60 bits per heavy atom. The van der Waals surface area contributed by atoms with E-state index in [-0.39, 0.29) is 26.5 Å². The largest absolute Gasteiger partial charge is 0.368 e. The number of aryl methyl sites for hydroxylation is 4. The number of H-pyrrole nitrogens is 1. The Kier molecular flexibility index (Phi) is 10.5. The SMILES string of the molecule is C.C.Cc1cccc(C)c1-c1cc(F)ccc1-c1ncc[nH]1.Cc1cccc(C)c1-c1cc(F)ccc1C1=NCCN1. The Hall–Kier alpha value is -4.58. The van der Waals surface area contributed by atoms with Crippen LogP contribution in [0.2, 0.25) is 0 Å². The maximum absolute atomic E-state index is 13.7. The van der Waals surface area contributed by atoms with Crippen LogP contribution >= 0.6 is 0 Å². The van der Waals surface area contributed by atoms with Crippen molar-refractivity contribution in [3.63, 3.8) is 0 Å². The van der Waals surface area contributed by atoms with Crippen LogP contribution in [0.5, 0.6) is 0 Å². The fourth-order valence-electron chi connectivity index (χ4n) is 5.33. The molecule has 0 spiro atoms. The van der Waals surface area contributed by atoms with Gasteiger partial charge in [0.15, 0.2) is 0 Å². The van der Waals surface area contributed by atoms with Gasteiger partial charge >= 0.3 is 0 Å². The van der Waals surface area contributed by atoms with Gasteiger partial charge in [-0.15, -0.1) is 0 Å². The zero-order valence-corrected chi connectivity index (χ0v) is 23.1. The molecule has 0 amide bonds. The molecular formula is C36H40F2N4. The second-order valence-electron chi connectivity index (χ2n) is 10.0. The normalized spacial score (nSPS) is 11.8. The van der Waals surface area contributed by atoms with Gasteiger partial charge in [-0.3, -0.25) is 4.99 Å². The van der Waals surface area contributed by atoms with Crippen LogP contribution in [-0.4, -0.2) is 28.9 Å². The number of halogens is 2. The van der Waals surface area contributed by atoms with E-state index in [0.29, 0.717) is 0 Å². The maximum atomic E-state index is 13.7. The zero-order chi connectivity index (χ0) is 28.2. The van der Waals surface area contributed by atoms with Gasteiger partial charge in [-0.2, -0.15) is 0 Å². The molecule has 0 bridgehead atoms. The molecule has 42 heavy (non-hydrogen) atoms. The summed E-state index contributed by atoms with van der Waals surface area (Å²) >= 11 is 0. The zero-order valence-electron chi connectivity index (χ0n) is 23.1. The molecule has 0 aliphatic carbocycles. The number of aromatic amines is 1. The van der Waals surface area contributed by atoms with Gasteiger partial charge in [0.2, 0.25) is 0 Å². The van der Waals surface area contributed by atoms with Gasteiger partial charge in [-0.25, -0.2) is 13.8 Å². The highest BCUT2D eigenvalue weighted by Crippen LogP contribution is 2.35. The second-order valence-corrected chi connectivity index (χ2v) is 10.0. The van der Waals surface area contributed by atoms with Gasteiger partial charge < -0.3 is 10.3 Å². The van der Waals surface area contributed by atoms with Crippen LogP contribution < -0.4 is 5.32 Å². The van der Waals surface area contributed by atoms with E-state index in [9.17, 15) is 8.78 Å². The summed E-state index contributed by atoms with van der Waals surface area (Å²) in [6.07, 6.45) is 3.47. The van der Waals surface area contributed by atoms with E-state index in [1.165, 1.54) is 12.1 Å². The van der Waals surface area contributed by atoms with Gasteiger partial charge in [-0.1, -0.05) is 51.3 Å². The van der Waals surface area contributed by atoms with E-state index in [1.807, 2.05) is 44.2 Å². The lowest BCUT2D eigenvalue weighted by Crippen LogP contribution is -2.20. The molecule has 0 saturated heterocycles. The third kappa shape index (κ3) is 6.65. The molecule has 5 aromatic rings. The van der Waals surface area contributed by atoms with Crippen molar-refractivity contribution in [2.75, 3.05) is 13.1 Å². The number of aliphatic imine (C=N–C) groups is 1. The summed E-state index contributed by atoms with van der Waals surface area (Å²) in [7, 11) is 0. The average molecular weight is 567 g/mol. The van der Waals surface area contributed by atoms with Crippen molar-refractivity contribution in [1.82, 2.24) is 15.3 Å². The predicted molar refractivity (Wildman–Crippen MR) is 173 cm³/mol. The van der Waals surface area contributed by atoms with E-state index < -0.39 is 0 Å². The number of rotatable bonds is 4. The topological polar surface area (TPSA) is 53.1 Å². The molecule has 2 N–H and O–H groups in total. The molecule has 1 aromatic heterocycles. The molecule has 1 aliphatic rings. The number of nitrogens with zero attached hydrogens (tertiary/aromatic N) is 2. The highest BCUT2D eigenvalue weighted by atomic mass is 19.1. The fraction of sp³-hybridized carbons (Fsp3) is 0.222. The highest BCUT2D eigenvalue weighted by Gasteiger charge is 2.17. The first-order valence-corrected chi connectivity index (χ1v) is 13.3. The maximum Gasteiger partial charge on any atom is 0.137 e. The van der Waals surface area contributed by atoms with Crippen molar-refractivity contribution in [1.29, 1.82) is 0 Å². The molecule has 0 saturated carbocycles. The molecule has 4 nitrogen and oxygen atoms in total. The van der Waals surface area contributed by atoms with E-state index in [1.54, 1.807) is 30.6 Å². The van der Waals surface area contributed by atoms with Crippen LogP contribution in [0.15, 0.2) is 90.2 Å². The molecule has 0 atom stereocenters. The van der Waals surface area contributed by atoms with Crippen molar-refractivity contribution in [3.05, 3.63) is 125 Å². The standard InChI is InChI=1S/C17H17FN2.C17H15FN2.2CH4/c2*1-11-4-3-5-12(2)16(11)15-10-13(18)6-7-14(15)17-19-8-9-20-17;;/h3-7,10H,8-9H2,1-2H3,(H,19,20);3-10H,1-2H3,(H,19,20);2*1H4. The van der Waals surface area contributed by atoms with Gasteiger partial charge in [0.05, 0.1) is 6.54 Å². The second kappa shape index (κ2) is 13.9. The van der Waals surface area contributed by atoms with E-state index in [0.717, 1.165) is 80.4 Å². The Morgan fingerprint density at radius 2 is 1.14 bits per heavy atom. The van der Waals surface area contributed by atoms with Crippen LogP contribution in [0, 0.1) is 39.3 Å². The van der Waals surface area contributed by atoms with Crippen molar-refractivity contribution < 1.29 is 8.78 Å². The number of nitrogens with one attached hydrogen (secondary N) is 2. The first-order valence-electron chi connectivity index (χ1n) is 13.3. The van der Waals surface area contributed by atoms with Crippen LogP contribution in [0.3, 0.4) is 0 Å². The number of benzene rings is 4. The van der Waals surface area contributed by atoms with E-state index in [2.05, 4.69) is 46.3 Å². The summed E-state index contributed by atoms with van der Waals surface area (Å²) in [5.41, 5.74) is 10.4. The molecule has 6 rings (SSSR count). The van der Waals surface area contributed by atoms with E-state index >= 15 is 0 Å². The number of imidazole rings is 1. The van der Waals surface area contributed by atoms with Gasteiger partial charge in [0.25, 0.3) is 0 Å². The lowest BCUT2D eigenvalue weighted by atomic mass is 9.92. The van der Waals surface area contributed by atoms with E-state index in [4.69, 9.17) is 0 Å². The quantitative estimate of drug-likeness (QED) is 0.228. The fourth-order valence-corrected chi connectivity index (χ4v) is 5.33. The predicted octanol–water partition coefficient (Wildman–Crippen LogP) is 9.23. The molecule has 218 valence electrons. The molecule has 1 aliphatic heterocycles. The molecule has 0 radical (unpaired) electrons. The van der Waals surface area contributed by atoms with Gasteiger partial charge in [0, 0.05) is 30.1 Å². The minimum Gasteiger partial charge on any atom is -0.368 e. The van der Waals surface area contributed by atoms with Gasteiger partial charge in [-0.05, 0) is 109 Å². The first-order chi connectivity index (χ1) is 19.3. The first kappa shape index (κ1) is 31.9. The van der Waals surface area contributed by atoms with Crippen LogP contribution in [0.4, 0.5) is 8.78 Å². The lowest BCUT2D eigenvalue weighted by Gasteiger charge is -2.15. The molecular weight excluding hydrogens is 526 g/mol. The summed E-state index contributed by atoms with van der Waals surface area (Å²) in [5.74, 6) is 1.16. The molecule has 6 heteroatoms. The molecule has 4 aromatic carbocycles. The minimum absolute atomic E-state index is 0. The summed E-state index contributed by atoms with van der Waals surface area (Å²) in [6, 6.07) is 22.0. The molecule has 0 unspecified atom stereocenters. The summed E-state index contributed by atoms with van der Waals surface area (Å²) in [4.78, 5) is 11.8. The Morgan fingerprint density at radius 1 is 0.643 bits per heavy atom. The lowest BCUT2D eigenvalue weighted by molar-refractivity contribution is 0.628. The molecule has 0 fully saturated rings. The summed E-state index contributed by atoms with van der Waals surface area (Å²) < 4.78 is 27.4. The van der Waals surface area contributed by atoms with Crippen LogP contribution in [0.25, 0.3) is 33.6 Å². The van der Waals surface area contributed by atoms with Crippen molar-refractivity contribution in [2.45, 2.75) is 42.5 Å². The highest BCUT2D eigenvalue weighted by molar-refractivity contribution is 6.05. The van der Waals surface area contributed by atoms with Crippen molar-refractivity contribution in [3.8, 4) is 33.6 Å². The number of amidine groups is 1. The number of hydrogen-bond donors (Lipinski definition) is 2. The Bertz CT molecular complexity index is 1650. The van der Waals surface area contributed by atoms with Gasteiger partial charge in [0.1, 0.15) is 23.3 Å². The molecule has 2 heterocycles. The third-order valence-electron chi connectivity index (χ3n) is 7.15. The number of aromatic nitrogens is 2. The number of hydrogen-bond acceptors (Lipinski definition) is 3. The van der Waals surface area contributed by atoms with Crippen molar-refractivity contribution >= 4 is 5.84 Å². The smallest absolute Gasteiger partial charge is 0.137 e. The monoisotopic (exact) mass is 566 g/mol. The van der Waals surface area contributed by atoms with Crippen LogP contribution in [-0.2, 0) is 0 Å². The Balaban J connectivity index is 0.000000220.